The van der Waals surface area contributed by atoms with E-state index in [2.05, 4.69) is 4.98 Å². The van der Waals surface area contributed by atoms with E-state index < -0.39 is 29.8 Å². The molecule has 4 aromatic rings. The van der Waals surface area contributed by atoms with Gasteiger partial charge in [-0.15, -0.1) is 0 Å². The maximum atomic E-state index is 14.0. The number of halogens is 2. The molecule has 0 radical (unpaired) electrons. The Morgan fingerprint density at radius 2 is 1.74 bits per heavy atom. The number of Topliss-reactive ketones (excluding diaryl/α,β-unsaturated/α-hetero) is 1. The number of carbonyl (C=O) groups is 1. The molecule has 174 valence electrons. The second-order valence-corrected chi connectivity index (χ2v) is 8.40. The number of aromatic nitrogens is 2. The third-order valence-corrected chi connectivity index (χ3v) is 6.34. The number of ketones is 1. The zero-order valence-corrected chi connectivity index (χ0v) is 18.3. The molecule has 2 heterocycles. The lowest BCUT2D eigenvalue weighted by Gasteiger charge is -2.16. The van der Waals surface area contributed by atoms with Gasteiger partial charge in [0.1, 0.15) is 30.0 Å². The molecule has 0 fully saturated rings. The van der Waals surface area contributed by atoms with E-state index in [0.29, 0.717) is 22.6 Å². The molecule has 0 saturated carbocycles. The zero-order chi connectivity index (χ0) is 24.0. The number of hydrogen-bond acceptors (Lipinski definition) is 5. The number of aryl methyl sites for hydroxylation is 1. The minimum atomic E-state index is -1.09. The average molecular weight is 464 g/mol. The Morgan fingerprint density at radius 1 is 1.03 bits per heavy atom. The first-order valence-corrected chi connectivity index (χ1v) is 10.9. The third-order valence-electron chi connectivity index (χ3n) is 6.34. The number of ether oxygens (including phenoxy) is 1. The van der Waals surface area contributed by atoms with Gasteiger partial charge in [0.25, 0.3) is 0 Å². The Labute approximate surface area is 194 Å². The molecule has 0 bridgehead atoms. The predicted molar refractivity (Wildman–Crippen MR) is 120 cm³/mol. The Bertz CT molecular complexity index is 1380. The first kappa shape index (κ1) is 22.2. The lowest BCUT2D eigenvalue weighted by atomic mass is 9.92. The number of aliphatic hydroxyl groups is 2. The van der Waals surface area contributed by atoms with Crippen molar-refractivity contribution in [2.75, 3.05) is 0 Å². The molecular weight excluding hydrogens is 442 g/mol. The lowest BCUT2D eigenvalue weighted by Crippen LogP contribution is -2.21. The number of aliphatic hydroxyl groups excluding tert-OH is 2. The van der Waals surface area contributed by atoms with Crippen molar-refractivity contribution in [3.05, 3.63) is 101 Å². The molecule has 3 atom stereocenters. The van der Waals surface area contributed by atoms with Crippen LogP contribution in [0.2, 0.25) is 0 Å². The van der Waals surface area contributed by atoms with Gasteiger partial charge in [0.05, 0.1) is 17.4 Å². The van der Waals surface area contributed by atoms with E-state index in [0.717, 1.165) is 17.7 Å². The van der Waals surface area contributed by atoms with E-state index in [4.69, 9.17) is 4.74 Å². The van der Waals surface area contributed by atoms with Crippen LogP contribution in [-0.4, -0.2) is 31.5 Å². The van der Waals surface area contributed by atoms with Gasteiger partial charge in [-0.2, -0.15) is 0 Å². The fraction of sp³-hybridized carbons (Fsp3) is 0.231. The van der Waals surface area contributed by atoms with Gasteiger partial charge in [-0.3, -0.25) is 9.20 Å². The average Bonchev–Trinajstić information content (AvgIpc) is 3.28. The lowest BCUT2D eigenvalue weighted by molar-refractivity contribution is 0.0158. The van der Waals surface area contributed by atoms with Crippen LogP contribution >= 0.6 is 0 Å². The van der Waals surface area contributed by atoms with Crippen LogP contribution in [0.3, 0.4) is 0 Å². The predicted octanol–water partition coefficient (Wildman–Crippen LogP) is 4.26. The number of fused-ring (bicyclic) bond motifs is 2. The third kappa shape index (κ3) is 3.65. The fourth-order valence-electron chi connectivity index (χ4n) is 4.66. The SMILES string of the molecule is Cc1nc2c(OCc3c(F)cccc3F)cccn2c1C(=O)C[C@@H]1c2ccccc2[C@@H](O)[C@H]1O. The summed E-state index contributed by atoms with van der Waals surface area (Å²) >= 11 is 0. The molecule has 5 rings (SSSR count). The van der Waals surface area contributed by atoms with E-state index >= 15 is 0 Å². The van der Waals surface area contributed by atoms with Crippen molar-refractivity contribution in [1.82, 2.24) is 9.38 Å². The molecule has 0 aliphatic heterocycles. The van der Waals surface area contributed by atoms with Gasteiger partial charge in [-0.25, -0.2) is 13.8 Å². The van der Waals surface area contributed by atoms with Crippen LogP contribution in [-0.2, 0) is 6.61 Å². The number of rotatable bonds is 6. The maximum Gasteiger partial charge on any atom is 0.182 e. The van der Waals surface area contributed by atoms with E-state index in [9.17, 15) is 23.8 Å². The van der Waals surface area contributed by atoms with Gasteiger partial charge in [0.2, 0.25) is 0 Å². The molecule has 2 aromatic heterocycles. The van der Waals surface area contributed by atoms with Crippen LogP contribution in [0.25, 0.3) is 5.65 Å². The van der Waals surface area contributed by atoms with Crippen LogP contribution in [0.15, 0.2) is 60.8 Å². The number of imidazole rings is 1. The van der Waals surface area contributed by atoms with Crippen LogP contribution in [0.1, 0.15) is 51.3 Å². The molecule has 0 unspecified atom stereocenters. The summed E-state index contributed by atoms with van der Waals surface area (Å²) in [5, 5.41) is 20.9. The Morgan fingerprint density at radius 3 is 2.47 bits per heavy atom. The molecule has 2 N–H and O–H groups in total. The van der Waals surface area contributed by atoms with Crippen molar-refractivity contribution >= 4 is 11.4 Å². The highest BCUT2D eigenvalue weighted by atomic mass is 19.1. The molecular formula is C26H22F2N2O4. The highest BCUT2D eigenvalue weighted by molar-refractivity contribution is 5.97. The Hall–Kier alpha value is -3.62. The van der Waals surface area contributed by atoms with Crippen molar-refractivity contribution < 1.29 is 28.5 Å². The largest absolute Gasteiger partial charge is 0.485 e. The molecule has 2 aromatic carbocycles. The summed E-state index contributed by atoms with van der Waals surface area (Å²) in [5.41, 5.74) is 2.30. The molecule has 0 amide bonds. The summed E-state index contributed by atoms with van der Waals surface area (Å²) < 4.78 is 35.2. The van der Waals surface area contributed by atoms with Gasteiger partial charge >= 0.3 is 0 Å². The second kappa shape index (κ2) is 8.62. The Kier molecular flexibility index (Phi) is 5.63. The monoisotopic (exact) mass is 464 g/mol. The van der Waals surface area contributed by atoms with Gasteiger partial charge in [0, 0.05) is 18.5 Å². The summed E-state index contributed by atoms with van der Waals surface area (Å²) in [6.45, 7) is 1.35. The molecule has 6 nitrogen and oxygen atoms in total. The van der Waals surface area contributed by atoms with E-state index in [1.54, 1.807) is 41.8 Å². The molecule has 0 saturated heterocycles. The first-order valence-electron chi connectivity index (χ1n) is 10.9. The van der Waals surface area contributed by atoms with Crippen molar-refractivity contribution in [2.24, 2.45) is 0 Å². The summed E-state index contributed by atoms with van der Waals surface area (Å²) in [6.07, 6.45) is -0.492. The van der Waals surface area contributed by atoms with Crippen LogP contribution < -0.4 is 4.74 Å². The number of benzene rings is 2. The topological polar surface area (TPSA) is 84.1 Å². The normalized spacial score (nSPS) is 19.4. The molecule has 0 spiro atoms. The highest BCUT2D eigenvalue weighted by Gasteiger charge is 2.40. The molecule has 34 heavy (non-hydrogen) atoms. The second-order valence-electron chi connectivity index (χ2n) is 8.40. The standard InChI is InChI=1S/C26H22F2N2O4/c1-14-23(21(31)12-17-15-6-2-3-7-16(15)24(32)25(17)33)30-11-5-10-22(26(30)29-14)34-13-18-19(27)8-4-9-20(18)28/h2-11,17,24-25,32-33H,12-13H2,1H3/t17-,24-,25+/m1/s1. The van der Waals surface area contributed by atoms with Crippen LogP contribution in [0.4, 0.5) is 8.78 Å². The fourth-order valence-corrected chi connectivity index (χ4v) is 4.66. The minimum absolute atomic E-state index is 0.0185. The number of pyridine rings is 1. The van der Waals surface area contributed by atoms with Crippen molar-refractivity contribution in [3.8, 4) is 5.75 Å². The molecule has 8 heteroatoms. The van der Waals surface area contributed by atoms with Gasteiger partial charge in [0.15, 0.2) is 17.2 Å². The number of hydrogen-bond donors (Lipinski definition) is 2. The summed E-state index contributed by atoms with van der Waals surface area (Å²) in [6, 6.07) is 14.0. The first-order chi connectivity index (χ1) is 16.4. The molecule has 1 aliphatic rings. The van der Waals surface area contributed by atoms with E-state index in [1.165, 1.54) is 6.07 Å². The van der Waals surface area contributed by atoms with E-state index in [1.807, 2.05) is 12.1 Å². The highest BCUT2D eigenvalue weighted by Crippen LogP contribution is 2.43. The van der Waals surface area contributed by atoms with Crippen LogP contribution in [0.5, 0.6) is 5.75 Å². The molecule has 1 aliphatic carbocycles. The van der Waals surface area contributed by atoms with E-state index in [-0.39, 0.29) is 30.1 Å². The number of carbonyl (C=O) groups excluding carboxylic acids is 1. The van der Waals surface area contributed by atoms with Crippen molar-refractivity contribution in [1.29, 1.82) is 0 Å². The quantitative estimate of drug-likeness (QED) is 0.417. The van der Waals surface area contributed by atoms with Gasteiger partial charge < -0.3 is 14.9 Å². The minimum Gasteiger partial charge on any atom is -0.485 e. The maximum absolute atomic E-state index is 14.0. The van der Waals surface area contributed by atoms with Gasteiger partial charge in [-0.1, -0.05) is 30.3 Å². The number of nitrogens with zero attached hydrogens (tertiary/aromatic N) is 2. The van der Waals surface area contributed by atoms with Gasteiger partial charge in [-0.05, 0) is 42.3 Å². The Balaban J connectivity index is 1.44. The smallest absolute Gasteiger partial charge is 0.182 e. The van der Waals surface area contributed by atoms with Crippen molar-refractivity contribution in [3.63, 3.8) is 0 Å². The van der Waals surface area contributed by atoms with Crippen molar-refractivity contribution in [2.45, 2.75) is 38.1 Å². The van der Waals surface area contributed by atoms with Crippen LogP contribution in [0, 0.1) is 18.6 Å². The summed E-state index contributed by atoms with van der Waals surface area (Å²) in [5.74, 6) is -1.95. The summed E-state index contributed by atoms with van der Waals surface area (Å²) in [7, 11) is 0. The summed E-state index contributed by atoms with van der Waals surface area (Å²) in [4.78, 5) is 17.8. The zero-order valence-electron chi connectivity index (χ0n) is 18.3.